The van der Waals surface area contributed by atoms with Crippen molar-refractivity contribution >= 4 is 11.9 Å². The quantitative estimate of drug-likeness (QED) is 0.730. The minimum absolute atomic E-state index is 0.0585. The molecule has 1 saturated carbocycles. The SMILES string of the molecule is CCOC(=O)CNC1(C(=O)OC)CCCCC1. The molecule has 5 heteroatoms. The molecule has 1 rings (SSSR count). The van der Waals surface area contributed by atoms with Gasteiger partial charge in [0, 0.05) is 0 Å². The number of esters is 2. The van der Waals surface area contributed by atoms with Crippen LogP contribution in [0.1, 0.15) is 39.0 Å². The summed E-state index contributed by atoms with van der Waals surface area (Å²) >= 11 is 0. The van der Waals surface area contributed by atoms with Crippen molar-refractivity contribution in [3.8, 4) is 0 Å². The standard InChI is InChI=1S/C12H21NO4/c1-3-17-10(14)9-13-12(11(15)16-2)7-5-4-6-8-12/h13H,3-9H2,1-2H3. The lowest BCUT2D eigenvalue weighted by molar-refractivity contribution is -0.151. The van der Waals surface area contributed by atoms with E-state index in [1.54, 1.807) is 6.92 Å². The molecule has 0 bridgehead atoms. The minimum Gasteiger partial charge on any atom is -0.468 e. The third-order valence-corrected chi connectivity index (χ3v) is 3.16. The molecule has 5 nitrogen and oxygen atoms in total. The van der Waals surface area contributed by atoms with Gasteiger partial charge >= 0.3 is 11.9 Å². The summed E-state index contributed by atoms with van der Waals surface area (Å²) in [7, 11) is 1.38. The van der Waals surface area contributed by atoms with Crippen LogP contribution in [-0.4, -0.2) is 37.7 Å². The van der Waals surface area contributed by atoms with E-state index in [2.05, 4.69) is 5.32 Å². The van der Waals surface area contributed by atoms with Crippen molar-refractivity contribution in [1.82, 2.24) is 5.32 Å². The molecular formula is C12H21NO4. The summed E-state index contributed by atoms with van der Waals surface area (Å²) < 4.78 is 9.67. The van der Waals surface area contributed by atoms with Gasteiger partial charge in [-0.3, -0.25) is 14.9 Å². The lowest BCUT2D eigenvalue weighted by Gasteiger charge is -2.35. The van der Waals surface area contributed by atoms with Gasteiger partial charge in [0.1, 0.15) is 5.54 Å². The Morgan fingerprint density at radius 1 is 1.24 bits per heavy atom. The first-order valence-electron chi connectivity index (χ1n) is 6.13. The second kappa shape index (κ2) is 6.59. The molecule has 0 saturated heterocycles. The van der Waals surface area contributed by atoms with E-state index in [0.717, 1.165) is 32.1 Å². The van der Waals surface area contributed by atoms with Crippen molar-refractivity contribution in [2.75, 3.05) is 20.3 Å². The summed E-state index contributed by atoms with van der Waals surface area (Å²) in [6.45, 7) is 2.17. The van der Waals surface area contributed by atoms with E-state index < -0.39 is 5.54 Å². The van der Waals surface area contributed by atoms with Crippen LogP contribution in [0.25, 0.3) is 0 Å². The van der Waals surface area contributed by atoms with Crippen LogP contribution >= 0.6 is 0 Å². The molecule has 0 unspecified atom stereocenters. The van der Waals surface area contributed by atoms with E-state index in [1.165, 1.54) is 7.11 Å². The summed E-state index contributed by atoms with van der Waals surface area (Å²) in [6.07, 6.45) is 4.52. The van der Waals surface area contributed by atoms with Gasteiger partial charge in [-0.2, -0.15) is 0 Å². The zero-order valence-electron chi connectivity index (χ0n) is 10.6. The van der Waals surface area contributed by atoms with E-state index in [0.29, 0.717) is 6.61 Å². The maximum atomic E-state index is 11.8. The third-order valence-electron chi connectivity index (χ3n) is 3.16. The molecule has 0 radical (unpaired) electrons. The second-order valence-electron chi connectivity index (χ2n) is 4.29. The topological polar surface area (TPSA) is 64.6 Å². The summed E-state index contributed by atoms with van der Waals surface area (Å²) in [5.74, 6) is -0.608. The predicted molar refractivity (Wildman–Crippen MR) is 62.5 cm³/mol. The van der Waals surface area contributed by atoms with Crippen molar-refractivity contribution < 1.29 is 19.1 Å². The highest BCUT2D eigenvalue weighted by atomic mass is 16.5. The van der Waals surface area contributed by atoms with Crippen LogP contribution in [0.2, 0.25) is 0 Å². The Morgan fingerprint density at radius 3 is 2.41 bits per heavy atom. The monoisotopic (exact) mass is 243 g/mol. The smallest absolute Gasteiger partial charge is 0.326 e. The summed E-state index contributed by atoms with van der Waals surface area (Å²) in [5.41, 5.74) is -0.695. The average molecular weight is 243 g/mol. The van der Waals surface area contributed by atoms with Crippen molar-refractivity contribution in [2.45, 2.75) is 44.6 Å². The normalized spacial score (nSPS) is 18.5. The fraction of sp³-hybridized carbons (Fsp3) is 0.833. The Hall–Kier alpha value is -1.10. The first-order chi connectivity index (χ1) is 8.14. The van der Waals surface area contributed by atoms with E-state index in [4.69, 9.17) is 9.47 Å². The van der Waals surface area contributed by atoms with Crippen LogP contribution in [0.5, 0.6) is 0 Å². The van der Waals surface area contributed by atoms with Crippen LogP contribution in [0.4, 0.5) is 0 Å². The van der Waals surface area contributed by atoms with E-state index in [9.17, 15) is 9.59 Å². The van der Waals surface area contributed by atoms with Crippen molar-refractivity contribution in [1.29, 1.82) is 0 Å². The number of rotatable bonds is 5. The molecule has 98 valence electrons. The second-order valence-corrected chi connectivity index (χ2v) is 4.29. The number of carbonyl (C=O) groups excluding carboxylic acids is 2. The van der Waals surface area contributed by atoms with Gasteiger partial charge in [-0.1, -0.05) is 19.3 Å². The zero-order chi connectivity index (χ0) is 12.7. The van der Waals surface area contributed by atoms with Crippen LogP contribution < -0.4 is 5.32 Å². The van der Waals surface area contributed by atoms with Crippen LogP contribution in [0.3, 0.4) is 0 Å². The number of ether oxygens (including phenoxy) is 2. The van der Waals surface area contributed by atoms with E-state index >= 15 is 0 Å². The van der Waals surface area contributed by atoms with Crippen LogP contribution in [0, 0.1) is 0 Å². The number of hydrogen-bond acceptors (Lipinski definition) is 5. The van der Waals surface area contributed by atoms with Gasteiger partial charge in [-0.05, 0) is 19.8 Å². The molecule has 0 aromatic rings. The number of methoxy groups -OCH3 is 1. The first kappa shape index (κ1) is 14.0. The number of nitrogens with one attached hydrogen (secondary N) is 1. The largest absolute Gasteiger partial charge is 0.468 e. The zero-order valence-corrected chi connectivity index (χ0v) is 10.6. The molecule has 0 atom stereocenters. The molecule has 1 aliphatic carbocycles. The Labute approximate surface area is 102 Å². The molecule has 17 heavy (non-hydrogen) atoms. The van der Waals surface area contributed by atoms with Crippen LogP contribution in [-0.2, 0) is 19.1 Å². The predicted octanol–water partition coefficient (Wildman–Crippen LogP) is 1.01. The third kappa shape index (κ3) is 3.70. The summed E-state index contributed by atoms with van der Waals surface area (Å²) in [4.78, 5) is 23.1. The Kier molecular flexibility index (Phi) is 5.41. The van der Waals surface area contributed by atoms with Gasteiger partial charge in [-0.15, -0.1) is 0 Å². The highest BCUT2D eigenvalue weighted by molar-refractivity contribution is 5.82. The molecule has 0 amide bonds. The molecule has 1 fully saturated rings. The molecule has 1 aliphatic rings. The van der Waals surface area contributed by atoms with Gasteiger partial charge in [0.25, 0.3) is 0 Å². The highest BCUT2D eigenvalue weighted by Gasteiger charge is 2.40. The molecule has 0 spiro atoms. The van der Waals surface area contributed by atoms with E-state index in [1.807, 2.05) is 0 Å². The fourth-order valence-corrected chi connectivity index (χ4v) is 2.26. The average Bonchev–Trinajstić information content (AvgIpc) is 2.37. The van der Waals surface area contributed by atoms with Gasteiger partial charge in [0.15, 0.2) is 0 Å². The molecule has 0 aromatic carbocycles. The fourth-order valence-electron chi connectivity index (χ4n) is 2.26. The first-order valence-corrected chi connectivity index (χ1v) is 6.13. The highest BCUT2D eigenvalue weighted by Crippen LogP contribution is 2.29. The van der Waals surface area contributed by atoms with Crippen LogP contribution in [0.15, 0.2) is 0 Å². The molecule has 1 N–H and O–H groups in total. The van der Waals surface area contributed by atoms with Crippen molar-refractivity contribution in [3.05, 3.63) is 0 Å². The van der Waals surface area contributed by atoms with Gasteiger partial charge in [-0.25, -0.2) is 0 Å². The van der Waals surface area contributed by atoms with Gasteiger partial charge < -0.3 is 9.47 Å². The van der Waals surface area contributed by atoms with Gasteiger partial charge in [0.2, 0.25) is 0 Å². The Bertz CT molecular complexity index is 272. The lowest BCUT2D eigenvalue weighted by Crippen LogP contribution is -2.55. The van der Waals surface area contributed by atoms with Gasteiger partial charge in [0.05, 0.1) is 20.3 Å². The molecule has 0 heterocycles. The number of hydrogen-bond donors (Lipinski definition) is 1. The Balaban J connectivity index is 2.57. The minimum atomic E-state index is -0.695. The summed E-state index contributed by atoms with van der Waals surface area (Å²) in [6, 6.07) is 0. The maximum Gasteiger partial charge on any atom is 0.326 e. The number of carbonyl (C=O) groups is 2. The van der Waals surface area contributed by atoms with Crippen molar-refractivity contribution in [2.24, 2.45) is 0 Å². The maximum absolute atomic E-state index is 11.8. The van der Waals surface area contributed by atoms with Crippen molar-refractivity contribution in [3.63, 3.8) is 0 Å². The molecular weight excluding hydrogens is 222 g/mol. The molecule has 0 aliphatic heterocycles. The summed E-state index contributed by atoms with van der Waals surface area (Å²) in [5, 5.41) is 3.02. The Morgan fingerprint density at radius 2 is 1.88 bits per heavy atom. The lowest BCUT2D eigenvalue weighted by atomic mass is 9.81. The molecule has 0 aromatic heterocycles. The van der Waals surface area contributed by atoms with E-state index in [-0.39, 0.29) is 18.5 Å².